The van der Waals surface area contributed by atoms with Crippen molar-refractivity contribution < 1.29 is 9.53 Å². The summed E-state index contributed by atoms with van der Waals surface area (Å²) in [4.78, 5) is 11.8. The van der Waals surface area contributed by atoms with Gasteiger partial charge in [0.2, 0.25) is 0 Å². The molecule has 0 fully saturated rings. The van der Waals surface area contributed by atoms with E-state index in [-0.39, 0.29) is 6.04 Å². The fourth-order valence-corrected chi connectivity index (χ4v) is 3.02. The largest absolute Gasteiger partial charge is 0.494 e. The van der Waals surface area contributed by atoms with Crippen molar-refractivity contribution in [3.05, 3.63) is 28.8 Å². The lowest BCUT2D eigenvalue weighted by Crippen LogP contribution is -2.19. The van der Waals surface area contributed by atoms with Crippen molar-refractivity contribution in [1.82, 2.24) is 0 Å². The van der Waals surface area contributed by atoms with Crippen LogP contribution < -0.4 is 10.5 Å². The molecule has 2 N–H and O–H groups in total. The number of hydrogen-bond donors (Lipinski definition) is 1. The second-order valence-electron chi connectivity index (χ2n) is 5.57. The molecule has 2 rings (SSSR count). The van der Waals surface area contributed by atoms with Gasteiger partial charge in [-0.05, 0) is 55.4 Å². The Hall–Kier alpha value is -1.35. The summed E-state index contributed by atoms with van der Waals surface area (Å²) in [5.41, 5.74) is 9.94. The van der Waals surface area contributed by atoms with E-state index in [9.17, 15) is 4.79 Å². The molecular weight excluding hydrogens is 250 g/mol. The molecule has 1 atom stereocenters. The number of ketones is 1. The van der Waals surface area contributed by atoms with Crippen molar-refractivity contribution in [3.8, 4) is 5.75 Å². The van der Waals surface area contributed by atoms with Gasteiger partial charge in [-0.25, -0.2) is 0 Å². The topological polar surface area (TPSA) is 52.3 Å². The molecule has 0 heterocycles. The monoisotopic (exact) mass is 275 g/mol. The zero-order chi connectivity index (χ0) is 14.5. The van der Waals surface area contributed by atoms with Crippen LogP contribution >= 0.6 is 0 Å². The summed E-state index contributed by atoms with van der Waals surface area (Å²) in [7, 11) is 0. The van der Waals surface area contributed by atoms with Crippen LogP contribution in [0.1, 0.15) is 49.8 Å². The molecule has 3 nitrogen and oxygen atoms in total. The third-order valence-electron chi connectivity index (χ3n) is 3.92. The number of benzene rings is 1. The number of ether oxygens (including phenoxy) is 1. The average molecular weight is 275 g/mol. The lowest BCUT2D eigenvalue weighted by molar-refractivity contribution is -0.119. The molecule has 0 amide bonds. The van der Waals surface area contributed by atoms with Gasteiger partial charge < -0.3 is 10.5 Å². The van der Waals surface area contributed by atoms with Gasteiger partial charge in [-0.2, -0.15) is 0 Å². The molecule has 1 aliphatic rings. The van der Waals surface area contributed by atoms with Gasteiger partial charge in [0.1, 0.15) is 11.5 Å². The van der Waals surface area contributed by atoms with Gasteiger partial charge in [0.05, 0.1) is 6.61 Å². The summed E-state index contributed by atoms with van der Waals surface area (Å²) in [6, 6.07) is 4.39. The van der Waals surface area contributed by atoms with E-state index < -0.39 is 0 Å². The summed E-state index contributed by atoms with van der Waals surface area (Å²) >= 11 is 0. The number of hydrogen-bond acceptors (Lipinski definition) is 3. The second kappa shape index (κ2) is 6.89. The van der Waals surface area contributed by atoms with Gasteiger partial charge in [-0.15, -0.1) is 0 Å². The molecular formula is C17H25NO2. The Morgan fingerprint density at radius 2 is 2.10 bits per heavy atom. The Balaban J connectivity index is 2.20. The van der Waals surface area contributed by atoms with Crippen LogP contribution in [0.5, 0.6) is 5.75 Å². The number of carbonyl (C=O) groups is 1. The van der Waals surface area contributed by atoms with Gasteiger partial charge in [-0.3, -0.25) is 4.79 Å². The molecule has 0 aliphatic heterocycles. The Morgan fingerprint density at radius 1 is 1.30 bits per heavy atom. The lowest BCUT2D eigenvalue weighted by atomic mass is 9.96. The van der Waals surface area contributed by atoms with Crippen LogP contribution in [0.2, 0.25) is 0 Å². The summed E-state index contributed by atoms with van der Waals surface area (Å²) in [5, 5.41) is 0. The summed E-state index contributed by atoms with van der Waals surface area (Å²) in [5.74, 6) is 1.28. The van der Waals surface area contributed by atoms with E-state index in [1.807, 2.05) is 19.9 Å². The quantitative estimate of drug-likeness (QED) is 0.832. The Kier molecular flexibility index (Phi) is 5.18. The first-order chi connectivity index (χ1) is 9.65. The molecule has 3 heteroatoms. The Bertz CT molecular complexity index is 482. The van der Waals surface area contributed by atoms with Crippen molar-refractivity contribution >= 4 is 5.78 Å². The molecule has 1 aliphatic carbocycles. The van der Waals surface area contributed by atoms with Crippen molar-refractivity contribution in [2.75, 3.05) is 6.61 Å². The van der Waals surface area contributed by atoms with E-state index in [1.54, 1.807) is 0 Å². The van der Waals surface area contributed by atoms with Crippen molar-refractivity contribution in [2.45, 2.75) is 58.4 Å². The molecule has 0 aromatic heterocycles. The first-order valence-electron chi connectivity index (χ1n) is 7.69. The van der Waals surface area contributed by atoms with Crippen molar-refractivity contribution in [3.63, 3.8) is 0 Å². The molecule has 0 saturated heterocycles. The smallest absolute Gasteiger partial charge is 0.133 e. The Morgan fingerprint density at radius 3 is 2.80 bits per heavy atom. The number of fused-ring (bicyclic) bond motifs is 1. The summed E-state index contributed by atoms with van der Waals surface area (Å²) in [6.45, 7) is 4.69. The molecule has 0 saturated carbocycles. The predicted molar refractivity (Wildman–Crippen MR) is 81.2 cm³/mol. The van der Waals surface area contributed by atoms with Crippen LogP contribution in [0, 0.1) is 0 Å². The second-order valence-corrected chi connectivity index (χ2v) is 5.57. The zero-order valence-corrected chi connectivity index (χ0v) is 12.6. The molecule has 1 aromatic rings. The maximum absolute atomic E-state index is 11.8. The highest BCUT2D eigenvalue weighted by molar-refractivity contribution is 5.78. The SMILES string of the molecule is CCCC(=O)CCc1c(OCC)ccc2c1CC(N)C2. The maximum atomic E-state index is 11.8. The van der Waals surface area contributed by atoms with Gasteiger partial charge in [-0.1, -0.05) is 13.0 Å². The average Bonchev–Trinajstić information content (AvgIpc) is 2.78. The van der Waals surface area contributed by atoms with Crippen LogP contribution in [0.25, 0.3) is 0 Å². The molecule has 0 radical (unpaired) electrons. The van der Waals surface area contributed by atoms with Gasteiger partial charge in [0.25, 0.3) is 0 Å². The normalized spacial score (nSPS) is 17.1. The lowest BCUT2D eigenvalue weighted by Gasteiger charge is -2.14. The number of Topliss-reactive ketones (excluding diaryl/α,β-unsaturated/α-hetero) is 1. The Labute approximate surface area is 121 Å². The third kappa shape index (κ3) is 3.40. The highest BCUT2D eigenvalue weighted by Crippen LogP contribution is 2.32. The van der Waals surface area contributed by atoms with E-state index in [1.165, 1.54) is 16.7 Å². The maximum Gasteiger partial charge on any atom is 0.133 e. The summed E-state index contributed by atoms with van der Waals surface area (Å²) < 4.78 is 5.74. The van der Waals surface area contributed by atoms with E-state index in [0.717, 1.165) is 31.4 Å². The first kappa shape index (κ1) is 15.0. The fourth-order valence-electron chi connectivity index (χ4n) is 3.02. The minimum atomic E-state index is 0.215. The highest BCUT2D eigenvalue weighted by Gasteiger charge is 2.23. The van der Waals surface area contributed by atoms with Gasteiger partial charge in [0.15, 0.2) is 0 Å². The van der Waals surface area contributed by atoms with E-state index >= 15 is 0 Å². The molecule has 110 valence electrons. The first-order valence-corrected chi connectivity index (χ1v) is 7.69. The highest BCUT2D eigenvalue weighted by atomic mass is 16.5. The van der Waals surface area contributed by atoms with Gasteiger partial charge >= 0.3 is 0 Å². The molecule has 20 heavy (non-hydrogen) atoms. The number of nitrogens with two attached hydrogens (primary N) is 1. The van der Waals surface area contributed by atoms with Crippen molar-refractivity contribution in [1.29, 1.82) is 0 Å². The van der Waals surface area contributed by atoms with Gasteiger partial charge in [0, 0.05) is 18.9 Å². The van der Waals surface area contributed by atoms with Crippen molar-refractivity contribution in [2.24, 2.45) is 5.73 Å². The number of carbonyl (C=O) groups excluding carboxylic acids is 1. The molecule has 0 spiro atoms. The molecule has 0 bridgehead atoms. The van der Waals surface area contributed by atoms with Crippen LogP contribution in [-0.2, 0) is 24.1 Å². The molecule has 1 unspecified atom stereocenters. The minimum absolute atomic E-state index is 0.215. The van der Waals surface area contributed by atoms with Crippen LogP contribution in [0.15, 0.2) is 12.1 Å². The zero-order valence-electron chi connectivity index (χ0n) is 12.6. The third-order valence-corrected chi connectivity index (χ3v) is 3.92. The number of rotatable bonds is 7. The van der Waals surface area contributed by atoms with E-state index in [2.05, 4.69) is 6.07 Å². The van der Waals surface area contributed by atoms with Crippen LogP contribution in [-0.4, -0.2) is 18.4 Å². The standard InChI is InChI=1S/C17H25NO2/c1-3-5-14(19)7-8-15-16-11-13(18)10-12(16)6-9-17(15)20-4-2/h6,9,13H,3-5,7-8,10-11,18H2,1-2H3. The predicted octanol–water partition coefficient (Wildman–Crippen LogP) is 2.81. The minimum Gasteiger partial charge on any atom is -0.494 e. The summed E-state index contributed by atoms with van der Waals surface area (Å²) in [6.07, 6.45) is 4.85. The van der Waals surface area contributed by atoms with Crippen LogP contribution in [0.3, 0.4) is 0 Å². The van der Waals surface area contributed by atoms with E-state index in [4.69, 9.17) is 10.5 Å². The van der Waals surface area contributed by atoms with E-state index in [0.29, 0.717) is 25.2 Å². The fraction of sp³-hybridized carbons (Fsp3) is 0.588. The van der Waals surface area contributed by atoms with Crippen LogP contribution in [0.4, 0.5) is 0 Å². The molecule has 1 aromatic carbocycles.